The fourth-order valence-corrected chi connectivity index (χ4v) is 4.74. The summed E-state index contributed by atoms with van der Waals surface area (Å²) in [6.07, 6.45) is 3.73. The highest BCUT2D eigenvalue weighted by Gasteiger charge is 2.26. The van der Waals surface area contributed by atoms with E-state index in [0.717, 1.165) is 55.8 Å². The molecule has 28 heavy (non-hydrogen) atoms. The van der Waals surface area contributed by atoms with Crippen LogP contribution in [0.25, 0.3) is 0 Å². The number of pyridine rings is 1. The van der Waals surface area contributed by atoms with Gasteiger partial charge < -0.3 is 4.90 Å². The van der Waals surface area contributed by atoms with Crippen molar-refractivity contribution in [3.05, 3.63) is 58.7 Å². The van der Waals surface area contributed by atoms with Crippen molar-refractivity contribution in [3.8, 4) is 0 Å². The van der Waals surface area contributed by atoms with E-state index < -0.39 is 0 Å². The van der Waals surface area contributed by atoms with Gasteiger partial charge in [0.25, 0.3) is 0 Å². The second kappa shape index (κ2) is 9.25. The minimum absolute atomic E-state index is 0.716. The summed E-state index contributed by atoms with van der Waals surface area (Å²) in [6, 6.07) is 15.3. The van der Waals surface area contributed by atoms with E-state index in [1.54, 1.807) is 0 Å². The molecule has 2 aliphatic heterocycles. The minimum atomic E-state index is 0.716. The number of likely N-dealkylation sites (tertiary alicyclic amines) is 1. The lowest BCUT2D eigenvalue weighted by Crippen LogP contribution is -2.46. The van der Waals surface area contributed by atoms with Crippen LogP contribution in [0.4, 0.5) is 5.82 Å². The highest BCUT2D eigenvalue weighted by molar-refractivity contribution is 6.31. The molecule has 0 saturated carbocycles. The molecule has 2 aliphatic rings. The minimum Gasteiger partial charge on any atom is -0.355 e. The molecule has 4 rings (SSSR count). The predicted molar refractivity (Wildman–Crippen MR) is 117 cm³/mol. The Balaban J connectivity index is 1.28. The van der Waals surface area contributed by atoms with Crippen LogP contribution in [0, 0.1) is 6.92 Å². The molecule has 2 fully saturated rings. The topological polar surface area (TPSA) is 22.6 Å². The second-order valence-electron chi connectivity index (χ2n) is 8.11. The summed E-state index contributed by atoms with van der Waals surface area (Å²) in [5, 5.41) is 0.891. The van der Waals surface area contributed by atoms with Gasteiger partial charge in [-0.05, 0) is 63.0 Å². The van der Waals surface area contributed by atoms with E-state index in [-0.39, 0.29) is 0 Å². The molecule has 1 aromatic carbocycles. The Morgan fingerprint density at radius 1 is 0.929 bits per heavy atom. The van der Waals surface area contributed by atoms with Crippen molar-refractivity contribution in [2.45, 2.75) is 38.8 Å². The number of nitrogens with zero attached hydrogens (tertiary/aromatic N) is 4. The molecule has 0 bridgehead atoms. The number of rotatable bonds is 4. The molecule has 2 aromatic rings. The Labute approximate surface area is 174 Å². The number of aromatic nitrogens is 1. The SMILES string of the molecule is Cc1cccc(N2CCCN(C3CCN(Cc4ccccc4Cl)CC3)CC2)n1. The second-order valence-corrected chi connectivity index (χ2v) is 8.52. The van der Waals surface area contributed by atoms with Gasteiger partial charge in [-0.2, -0.15) is 0 Å². The molecule has 5 heteroatoms. The van der Waals surface area contributed by atoms with Crippen molar-refractivity contribution in [2.24, 2.45) is 0 Å². The first-order valence-electron chi connectivity index (χ1n) is 10.6. The molecule has 4 nitrogen and oxygen atoms in total. The zero-order valence-electron chi connectivity index (χ0n) is 16.9. The Kier molecular flexibility index (Phi) is 6.50. The van der Waals surface area contributed by atoms with Crippen LogP contribution in [0.3, 0.4) is 0 Å². The summed E-state index contributed by atoms with van der Waals surface area (Å²) >= 11 is 6.34. The summed E-state index contributed by atoms with van der Waals surface area (Å²) in [6.45, 7) is 9.91. The maximum absolute atomic E-state index is 6.34. The average Bonchev–Trinajstić information content (AvgIpc) is 2.97. The fraction of sp³-hybridized carbons (Fsp3) is 0.522. The number of hydrogen-bond donors (Lipinski definition) is 0. The molecular weight excluding hydrogens is 368 g/mol. The third kappa shape index (κ3) is 4.86. The molecule has 0 N–H and O–H groups in total. The van der Waals surface area contributed by atoms with Gasteiger partial charge in [0.15, 0.2) is 0 Å². The van der Waals surface area contributed by atoms with Gasteiger partial charge in [-0.25, -0.2) is 4.98 Å². The molecule has 0 aliphatic carbocycles. The largest absolute Gasteiger partial charge is 0.355 e. The Morgan fingerprint density at radius 3 is 2.54 bits per heavy atom. The number of anilines is 1. The predicted octanol–water partition coefficient (Wildman–Crippen LogP) is 4.22. The molecule has 0 unspecified atom stereocenters. The van der Waals surface area contributed by atoms with Gasteiger partial charge in [0.2, 0.25) is 0 Å². The highest BCUT2D eigenvalue weighted by Crippen LogP contribution is 2.23. The molecule has 0 radical (unpaired) electrons. The van der Waals surface area contributed by atoms with E-state index in [2.05, 4.69) is 52.0 Å². The zero-order chi connectivity index (χ0) is 19.3. The van der Waals surface area contributed by atoms with Crippen LogP contribution in [-0.4, -0.2) is 60.1 Å². The van der Waals surface area contributed by atoms with Crippen LogP contribution in [-0.2, 0) is 6.54 Å². The number of hydrogen-bond acceptors (Lipinski definition) is 4. The van der Waals surface area contributed by atoms with E-state index in [4.69, 9.17) is 16.6 Å². The van der Waals surface area contributed by atoms with Crippen molar-refractivity contribution < 1.29 is 0 Å². The summed E-state index contributed by atoms with van der Waals surface area (Å²) in [5.41, 5.74) is 2.35. The smallest absolute Gasteiger partial charge is 0.128 e. The monoisotopic (exact) mass is 398 g/mol. The highest BCUT2D eigenvalue weighted by atomic mass is 35.5. The number of benzene rings is 1. The van der Waals surface area contributed by atoms with Gasteiger partial charge in [0.1, 0.15) is 5.82 Å². The maximum atomic E-state index is 6.34. The first-order chi connectivity index (χ1) is 13.7. The maximum Gasteiger partial charge on any atom is 0.128 e. The van der Waals surface area contributed by atoms with Gasteiger partial charge in [0, 0.05) is 49.5 Å². The van der Waals surface area contributed by atoms with E-state index in [0.29, 0.717) is 6.04 Å². The lowest BCUT2D eigenvalue weighted by molar-refractivity contribution is 0.110. The first-order valence-corrected chi connectivity index (χ1v) is 11.0. The number of piperidine rings is 1. The Hall–Kier alpha value is -1.62. The van der Waals surface area contributed by atoms with Crippen molar-refractivity contribution in [1.29, 1.82) is 0 Å². The van der Waals surface area contributed by atoms with Crippen LogP contribution in [0.2, 0.25) is 5.02 Å². The molecule has 3 heterocycles. The van der Waals surface area contributed by atoms with Gasteiger partial charge in [-0.1, -0.05) is 35.9 Å². The molecule has 2 saturated heterocycles. The average molecular weight is 399 g/mol. The summed E-state index contributed by atoms with van der Waals surface area (Å²) in [5.74, 6) is 1.14. The van der Waals surface area contributed by atoms with E-state index in [9.17, 15) is 0 Å². The van der Waals surface area contributed by atoms with Crippen LogP contribution in [0.5, 0.6) is 0 Å². The number of aryl methyl sites for hydroxylation is 1. The van der Waals surface area contributed by atoms with Crippen molar-refractivity contribution in [3.63, 3.8) is 0 Å². The zero-order valence-corrected chi connectivity index (χ0v) is 17.6. The van der Waals surface area contributed by atoms with E-state index in [1.165, 1.54) is 31.4 Å². The fourth-order valence-electron chi connectivity index (χ4n) is 4.55. The summed E-state index contributed by atoms with van der Waals surface area (Å²) in [7, 11) is 0. The molecule has 150 valence electrons. The van der Waals surface area contributed by atoms with Gasteiger partial charge in [-0.3, -0.25) is 9.80 Å². The van der Waals surface area contributed by atoms with Gasteiger partial charge >= 0.3 is 0 Å². The number of halogens is 1. The third-order valence-electron chi connectivity index (χ3n) is 6.15. The first kappa shape index (κ1) is 19.7. The van der Waals surface area contributed by atoms with Crippen molar-refractivity contribution in [2.75, 3.05) is 44.2 Å². The normalized spacial score (nSPS) is 20.3. The molecule has 0 spiro atoms. The lowest BCUT2D eigenvalue weighted by Gasteiger charge is -2.38. The van der Waals surface area contributed by atoms with Crippen LogP contribution >= 0.6 is 11.6 Å². The molecule has 0 atom stereocenters. The molecule has 0 amide bonds. The van der Waals surface area contributed by atoms with Crippen LogP contribution in [0.1, 0.15) is 30.5 Å². The Bertz CT molecular complexity index is 773. The van der Waals surface area contributed by atoms with Crippen LogP contribution < -0.4 is 4.90 Å². The van der Waals surface area contributed by atoms with Gasteiger partial charge in [-0.15, -0.1) is 0 Å². The molecule has 1 aromatic heterocycles. The summed E-state index contributed by atoms with van der Waals surface area (Å²) < 4.78 is 0. The van der Waals surface area contributed by atoms with Gasteiger partial charge in [0.05, 0.1) is 0 Å². The summed E-state index contributed by atoms with van der Waals surface area (Å²) in [4.78, 5) is 12.5. The van der Waals surface area contributed by atoms with Crippen LogP contribution in [0.15, 0.2) is 42.5 Å². The quantitative estimate of drug-likeness (QED) is 0.768. The van der Waals surface area contributed by atoms with E-state index in [1.807, 2.05) is 12.1 Å². The van der Waals surface area contributed by atoms with Crippen molar-refractivity contribution >= 4 is 17.4 Å². The Morgan fingerprint density at radius 2 is 1.75 bits per heavy atom. The third-order valence-corrected chi connectivity index (χ3v) is 6.52. The molecular formula is C23H31ClN4. The standard InChI is InChI=1S/C23H31ClN4/c1-19-6-4-9-23(25-19)28-13-5-12-27(16-17-28)21-10-14-26(15-11-21)18-20-7-2-3-8-22(20)24/h2-4,6-9,21H,5,10-18H2,1H3. The lowest BCUT2D eigenvalue weighted by atomic mass is 10.0. The van der Waals surface area contributed by atoms with Crippen molar-refractivity contribution in [1.82, 2.24) is 14.8 Å². The van der Waals surface area contributed by atoms with E-state index >= 15 is 0 Å².